The smallest absolute Gasteiger partial charge is 0.257 e. The van der Waals surface area contributed by atoms with E-state index in [1.807, 2.05) is 54.6 Å². The highest BCUT2D eigenvalue weighted by Gasteiger charge is 2.38. The minimum Gasteiger partial charge on any atom is -0.618 e. The lowest BCUT2D eigenvalue weighted by molar-refractivity contribution is -0.645. The number of hydrogen-bond donors (Lipinski definition) is 2. The normalized spacial score (nSPS) is 20.9. The molecule has 1 fully saturated rings. The van der Waals surface area contributed by atoms with Gasteiger partial charge in [0.25, 0.3) is 10.9 Å². The first-order chi connectivity index (χ1) is 19.0. The van der Waals surface area contributed by atoms with Crippen molar-refractivity contribution in [3.63, 3.8) is 0 Å². The standard InChI is InChI=1S/C30H29N3O5S/c1-20-26(19-39-27-6-2-3-16-33(27)36)37-30(38-28(20)22-9-7-21(18-34)8-10-22)23-11-13-25(14-12-23)32-29(35)24-5-4-15-31-17-24/h2-17,20,26,28,30,34H,18-19H2,1H3,(H,32,35)/t20-,26+,28+,30+/m0/s1. The molecule has 0 spiro atoms. The molecule has 0 radical (unpaired) electrons. The zero-order chi connectivity index (χ0) is 27.2. The number of nitrogens with one attached hydrogen (secondary N) is 1. The number of hydrogen-bond acceptors (Lipinski definition) is 7. The Balaban J connectivity index is 1.35. The van der Waals surface area contributed by atoms with Gasteiger partial charge in [-0.25, -0.2) is 0 Å². The van der Waals surface area contributed by atoms with Crippen LogP contribution in [-0.4, -0.2) is 27.9 Å². The molecule has 0 aliphatic carbocycles. The molecule has 0 saturated carbocycles. The minimum absolute atomic E-state index is 0.00409. The summed E-state index contributed by atoms with van der Waals surface area (Å²) in [4.78, 5) is 16.5. The van der Waals surface area contributed by atoms with Crippen molar-refractivity contribution in [2.45, 2.75) is 37.1 Å². The fourth-order valence-corrected chi connectivity index (χ4v) is 5.51. The number of pyridine rings is 2. The lowest BCUT2D eigenvalue weighted by atomic mass is 9.91. The maximum atomic E-state index is 12.5. The van der Waals surface area contributed by atoms with Crippen molar-refractivity contribution in [3.8, 4) is 0 Å². The highest BCUT2D eigenvalue weighted by Crippen LogP contribution is 2.43. The second kappa shape index (κ2) is 12.4. The van der Waals surface area contributed by atoms with Gasteiger partial charge in [0, 0.05) is 47.4 Å². The summed E-state index contributed by atoms with van der Waals surface area (Å²) in [7, 11) is 0. The monoisotopic (exact) mass is 543 g/mol. The summed E-state index contributed by atoms with van der Waals surface area (Å²) in [6.07, 6.45) is 3.51. The average Bonchev–Trinajstić information content (AvgIpc) is 2.98. The van der Waals surface area contributed by atoms with E-state index in [9.17, 15) is 15.1 Å². The van der Waals surface area contributed by atoms with Crippen LogP contribution in [-0.2, 0) is 16.1 Å². The molecule has 2 N–H and O–H groups in total. The number of aliphatic hydroxyl groups is 1. The summed E-state index contributed by atoms with van der Waals surface area (Å²) < 4.78 is 13.8. The quantitative estimate of drug-likeness (QED) is 0.182. The predicted octanol–water partition coefficient (Wildman–Crippen LogP) is 5.04. The molecule has 4 aromatic rings. The van der Waals surface area contributed by atoms with Gasteiger partial charge >= 0.3 is 0 Å². The Bertz CT molecular complexity index is 1390. The summed E-state index contributed by atoms with van der Waals surface area (Å²) in [6.45, 7) is 2.06. The van der Waals surface area contributed by atoms with Crippen LogP contribution in [0, 0.1) is 11.1 Å². The molecular formula is C30H29N3O5S. The summed E-state index contributed by atoms with van der Waals surface area (Å²) in [5, 5.41) is 25.1. The van der Waals surface area contributed by atoms with E-state index < -0.39 is 6.29 Å². The molecule has 1 saturated heterocycles. The maximum Gasteiger partial charge on any atom is 0.257 e. The number of nitrogens with zero attached hydrogens (tertiary/aromatic N) is 2. The molecule has 2 aromatic heterocycles. The number of thioether (sulfide) groups is 1. The van der Waals surface area contributed by atoms with Gasteiger partial charge in [0.2, 0.25) is 0 Å². The lowest BCUT2D eigenvalue weighted by Gasteiger charge is -2.41. The first kappa shape index (κ1) is 26.8. The number of aromatic nitrogens is 2. The Labute approximate surface area is 231 Å². The molecule has 200 valence electrons. The van der Waals surface area contributed by atoms with Gasteiger partial charge in [-0.1, -0.05) is 55.1 Å². The van der Waals surface area contributed by atoms with E-state index in [1.165, 1.54) is 24.2 Å². The van der Waals surface area contributed by atoms with Gasteiger partial charge in [-0.3, -0.25) is 9.78 Å². The fraction of sp³-hybridized carbons (Fsp3) is 0.233. The molecule has 5 rings (SSSR count). The van der Waals surface area contributed by atoms with Crippen molar-refractivity contribution < 1.29 is 24.1 Å². The van der Waals surface area contributed by atoms with Crippen molar-refractivity contribution in [2.75, 3.05) is 11.1 Å². The van der Waals surface area contributed by atoms with Gasteiger partial charge in [0.15, 0.2) is 12.5 Å². The Morgan fingerprint density at radius 3 is 2.49 bits per heavy atom. The van der Waals surface area contributed by atoms with Crippen LogP contribution in [0.25, 0.3) is 0 Å². The molecule has 9 heteroatoms. The number of anilines is 1. The maximum absolute atomic E-state index is 12.5. The van der Waals surface area contributed by atoms with Crippen LogP contribution in [0.1, 0.15) is 46.4 Å². The van der Waals surface area contributed by atoms with Gasteiger partial charge in [-0.2, -0.15) is 4.73 Å². The topological polar surface area (TPSA) is 108 Å². The third-order valence-electron chi connectivity index (χ3n) is 6.67. The Hall–Kier alpha value is -3.76. The highest BCUT2D eigenvalue weighted by atomic mass is 32.2. The van der Waals surface area contributed by atoms with Crippen LogP contribution in [0.4, 0.5) is 5.69 Å². The number of amides is 1. The molecule has 39 heavy (non-hydrogen) atoms. The minimum atomic E-state index is -0.646. The van der Waals surface area contributed by atoms with Crippen molar-refractivity contribution in [1.29, 1.82) is 0 Å². The Morgan fingerprint density at radius 1 is 1.03 bits per heavy atom. The first-order valence-corrected chi connectivity index (χ1v) is 13.6. The summed E-state index contributed by atoms with van der Waals surface area (Å²) in [5.41, 5.74) is 3.75. The molecule has 0 unspecified atom stereocenters. The zero-order valence-electron chi connectivity index (χ0n) is 21.3. The number of aliphatic hydroxyl groups excluding tert-OH is 1. The molecule has 0 bridgehead atoms. The molecule has 8 nitrogen and oxygen atoms in total. The molecule has 2 aromatic carbocycles. The van der Waals surface area contributed by atoms with E-state index in [0.29, 0.717) is 22.0 Å². The second-order valence-electron chi connectivity index (χ2n) is 9.32. The number of rotatable bonds is 8. The SMILES string of the molecule is C[C@H]1[C@@H](CSc2cccc[n+]2[O-])O[C@@H](c2ccc(NC(=O)c3cccnc3)cc2)O[C@H]1c1ccc(CO)cc1. The molecule has 4 atom stereocenters. The van der Waals surface area contributed by atoms with E-state index in [2.05, 4.69) is 17.2 Å². The van der Waals surface area contributed by atoms with Crippen LogP contribution in [0.2, 0.25) is 0 Å². The third-order valence-corrected chi connectivity index (χ3v) is 7.78. The largest absolute Gasteiger partial charge is 0.618 e. The van der Waals surface area contributed by atoms with Crippen LogP contribution in [0.3, 0.4) is 0 Å². The molecule has 1 aliphatic rings. The van der Waals surface area contributed by atoms with Crippen LogP contribution >= 0.6 is 11.8 Å². The number of ether oxygens (including phenoxy) is 2. The zero-order valence-corrected chi connectivity index (χ0v) is 22.2. The third kappa shape index (κ3) is 6.46. The van der Waals surface area contributed by atoms with Gasteiger partial charge in [-0.05, 0) is 41.5 Å². The average molecular weight is 544 g/mol. The van der Waals surface area contributed by atoms with Gasteiger partial charge in [-0.15, -0.1) is 0 Å². The van der Waals surface area contributed by atoms with Gasteiger partial charge in [0.05, 0.1) is 24.4 Å². The van der Waals surface area contributed by atoms with Crippen molar-refractivity contribution in [2.24, 2.45) is 5.92 Å². The van der Waals surface area contributed by atoms with Crippen molar-refractivity contribution >= 4 is 23.4 Å². The van der Waals surface area contributed by atoms with Crippen molar-refractivity contribution in [3.05, 3.63) is 125 Å². The second-order valence-corrected chi connectivity index (χ2v) is 10.4. The van der Waals surface area contributed by atoms with E-state index in [0.717, 1.165) is 21.4 Å². The first-order valence-electron chi connectivity index (χ1n) is 12.6. The predicted molar refractivity (Wildman–Crippen MR) is 148 cm³/mol. The molecule has 3 heterocycles. The number of carbonyl (C=O) groups excluding carboxylic acids is 1. The lowest BCUT2D eigenvalue weighted by Crippen LogP contribution is -2.39. The van der Waals surface area contributed by atoms with Crippen LogP contribution in [0.5, 0.6) is 0 Å². The van der Waals surface area contributed by atoms with E-state index in [1.54, 1.807) is 30.5 Å². The fourth-order valence-electron chi connectivity index (χ4n) is 4.43. The molecule has 1 aliphatic heterocycles. The van der Waals surface area contributed by atoms with E-state index in [-0.39, 0.29) is 30.6 Å². The van der Waals surface area contributed by atoms with E-state index >= 15 is 0 Å². The summed E-state index contributed by atoms with van der Waals surface area (Å²) in [6, 6.07) is 23.9. The Kier molecular flexibility index (Phi) is 8.53. The van der Waals surface area contributed by atoms with Crippen molar-refractivity contribution in [1.82, 2.24) is 4.98 Å². The van der Waals surface area contributed by atoms with Crippen LogP contribution in [0.15, 0.2) is 102 Å². The van der Waals surface area contributed by atoms with Gasteiger partial charge in [0.1, 0.15) is 0 Å². The molecular weight excluding hydrogens is 514 g/mol. The Morgan fingerprint density at radius 2 is 1.79 bits per heavy atom. The van der Waals surface area contributed by atoms with Gasteiger partial charge < -0.3 is 25.1 Å². The highest BCUT2D eigenvalue weighted by molar-refractivity contribution is 7.99. The number of carbonyl (C=O) groups is 1. The molecule has 1 amide bonds. The van der Waals surface area contributed by atoms with E-state index in [4.69, 9.17) is 9.47 Å². The summed E-state index contributed by atoms with van der Waals surface area (Å²) >= 11 is 1.45. The number of benzene rings is 2. The van der Waals surface area contributed by atoms with Crippen LogP contribution < -0.4 is 10.0 Å². The summed E-state index contributed by atoms with van der Waals surface area (Å²) in [5.74, 6) is 0.322.